The molecule has 2 N–H and O–H groups in total. The van der Waals surface area contributed by atoms with Gasteiger partial charge < -0.3 is 20.1 Å². The summed E-state index contributed by atoms with van der Waals surface area (Å²) in [5, 5.41) is 6.08. The highest BCUT2D eigenvalue weighted by Crippen LogP contribution is 2.12. The Kier molecular flexibility index (Phi) is 6.29. The molecule has 1 aromatic heterocycles. The number of hydrogen-bond acceptors (Lipinski definition) is 2. The van der Waals surface area contributed by atoms with Crippen LogP contribution in [0.1, 0.15) is 46.5 Å². The number of amides is 3. The van der Waals surface area contributed by atoms with Gasteiger partial charge in [0.25, 0.3) is 0 Å². The topological polar surface area (TPSA) is 66.4 Å². The molecule has 0 radical (unpaired) electrons. The lowest BCUT2D eigenvalue weighted by Crippen LogP contribution is -2.53. The van der Waals surface area contributed by atoms with Gasteiger partial charge in [-0.05, 0) is 52.2 Å². The zero-order valence-corrected chi connectivity index (χ0v) is 15.0. The van der Waals surface area contributed by atoms with Crippen LogP contribution in [0.25, 0.3) is 0 Å². The Morgan fingerprint density at radius 2 is 1.75 bits per heavy atom. The van der Waals surface area contributed by atoms with Gasteiger partial charge in [0.05, 0.1) is 0 Å². The van der Waals surface area contributed by atoms with Crippen molar-refractivity contribution in [3.63, 3.8) is 0 Å². The summed E-state index contributed by atoms with van der Waals surface area (Å²) in [7, 11) is 0. The van der Waals surface area contributed by atoms with Crippen LogP contribution >= 0.6 is 0 Å². The second kappa shape index (κ2) is 8.22. The molecule has 0 spiro atoms. The molecule has 6 heteroatoms. The maximum Gasteiger partial charge on any atom is 0.317 e. The van der Waals surface area contributed by atoms with Gasteiger partial charge in [-0.3, -0.25) is 4.79 Å². The van der Waals surface area contributed by atoms with E-state index in [0.717, 1.165) is 25.8 Å². The summed E-state index contributed by atoms with van der Waals surface area (Å²) in [6.45, 7) is 8.18. The van der Waals surface area contributed by atoms with Crippen molar-refractivity contribution in [2.75, 3.05) is 13.1 Å². The smallest absolute Gasteiger partial charge is 0.317 e. The molecule has 0 aromatic carbocycles. The first kappa shape index (κ1) is 18.4. The van der Waals surface area contributed by atoms with Crippen molar-refractivity contribution >= 4 is 11.9 Å². The van der Waals surface area contributed by atoms with Crippen LogP contribution in [-0.4, -0.2) is 46.1 Å². The fourth-order valence-corrected chi connectivity index (χ4v) is 2.87. The molecule has 1 fully saturated rings. The van der Waals surface area contributed by atoms with Crippen LogP contribution in [0.4, 0.5) is 4.79 Å². The molecule has 1 saturated heterocycles. The molecule has 24 heavy (non-hydrogen) atoms. The molecule has 0 unspecified atom stereocenters. The number of rotatable bonds is 5. The molecule has 3 amide bonds. The van der Waals surface area contributed by atoms with Crippen molar-refractivity contribution in [1.29, 1.82) is 0 Å². The van der Waals surface area contributed by atoms with Crippen molar-refractivity contribution in [3.05, 3.63) is 24.5 Å². The van der Waals surface area contributed by atoms with Gasteiger partial charge in [0.1, 0.15) is 0 Å². The molecule has 1 aliphatic heterocycles. The van der Waals surface area contributed by atoms with Gasteiger partial charge in [-0.1, -0.05) is 0 Å². The highest BCUT2D eigenvalue weighted by Gasteiger charge is 2.25. The summed E-state index contributed by atoms with van der Waals surface area (Å²) in [5.41, 5.74) is -0.220. The van der Waals surface area contributed by atoms with E-state index in [1.165, 1.54) is 0 Å². The van der Waals surface area contributed by atoms with Gasteiger partial charge in [0, 0.05) is 50.0 Å². The van der Waals surface area contributed by atoms with E-state index in [4.69, 9.17) is 0 Å². The van der Waals surface area contributed by atoms with Gasteiger partial charge >= 0.3 is 6.03 Å². The number of likely N-dealkylation sites (tertiary alicyclic amines) is 1. The van der Waals surface area contributed by atoms with Gasteiger partial charge in [-0.25, -0.2) is 4.79 Å². The van der Waals surface area contributed by atoms with Crippen molar-refractivity contribution in [3.8, 4) is 0 Å². The molecule has 6 nitrogen and oxygen atoms in total. The number of carbonyl (C=O) groups excluding carboxylic acids is 2. The van der Waals surface area contributed by atoms with Gasteiger partial charge in [-0.2, -0.15) is 0 Å². The fraction of sp³-hybridized carbons (Fsp3) is 0.667. The molecule has 0 atom stereocenters. The van der Waals surface area contributed by atoms with Crippen molar-refractivity contribution < 1.29 is 9.59 Å². The maximum atomic E-state index is 12.1. The lowest BCUT2D eigenvalue weighted by molar-refractivity contribution is -0.122. The number of aromatic nitrogens is 1. The number of nitrogens with one attached hydrogen (secondary N) is 2. The van der Waals surface area contributed by atoms with Crippen molar-refractivity contribution in [2.45, 2.75) is 64.6 Å². The van der Waals surface area contributed by atoms with E-state index in [1.807, 2.05) is 50.2 Å². The number of nitrogens with zero attached hydrogens (tertiary/aromatic N) is 2. The Morgan fingerprint density at radius 1 is 1.12 bits per heavy atom. The Balaban J connectivity index is 1.63. The third-order valence-electron chi connectivity index (χ3n) is 4.12. The number of aryl methyl sites for hydroxylation is 1. The molecule has 2 heterocycles. The highest BCUT2D eigenvalue weighted by molar-refractivity contribution is 5.76. The lowest BCUT2D eigenvalue weighted by Gasteiger charge is -2.34. The van der Waals surface area contributed by atoms with Crippen molar-refractivity contribution in [2.24, 2.45) is 0 Å². The first-order chi connectivity index (χ1) is 11.3. The molecular weight excluding hydrogens is 304 g/mol. The van der Waals surface area contributed by atoms with E-state index >= 15 is 0 Å². The molecule has 2 rings (SSSR count). The predicted molar refractivity (Wildman–Crippen MR) is 94.7 cm³/mol. The summed E-state index contributed by atoms with van der Waals surface area (Å²) in [4.78, 5) is 26.0. The number of piperidine rings is 1. The van der Waals surface area contributed by atoms with Gasteiger partial charge in [0.15, 0.2) is 0 Å². The predicted octanol–water partition coefficient (Wildman–Crippen LogP) is 2.36. The molecule has 0 bridgehead atoms. The summed E-state index contributed by atoms with van der Waals surface area (Å²) in [5.74, 6) is 0.111. The van der Waals surface area contributed by atoms with Crippen LogP contribution in [0, 0.1) is 0 Å². The Morgan fingerprint density at radius 3 is 2.33 bits per heavy atom. The molecule has 0 aliphatic carbocycles. The third kappa shape index (κ3) is 6.26. The van der Waals surface area contributed by atoms with E-state index in [9.17, 15) is 9.59 Å². The van der Waals surface area contributed by atoms with E-state index in [0.29, 0.717) is 19.5 Å². The second-order valence-corrected chi connectivity index (χ2v) is 7.53. The monoisotopic (exact) mass is 334 g/mol. The molecule has 0 saturated carbocycles. The molecular formula is C18H30N4O2. The third-order valence-corrected chi connectivity index (χ3v) is 4.12. The summed E-state index contributed by atoms with van der Waals surface area (Å²) < 4.78 is 2.08. The fourth-order valence-electron chi connectivity index (χ4n) is 2.87. The summed E-state index contributed by atoms with van der Waals surface area (Å²) in [6, 6.07) is 4.15. The zero-order chi connectivity index (χ0) is 17.6. The van der Waals surface area contributed by atoms with E-state index < -0.39 is 0 Å². The van der Waals surface area contributed by atoms with Crippen LogP contribution in [0.15, 0.2) is 24.5 Å². The molecule has 134 valence electrons. The maximum absolute atomic E-state index is 12.1. The van der Waals surface area contributed by atoms with Gasteiger partial charge in [0.2, 0.25) is 5.91 Å². The van der Waals surface area contributed by atoms with E-state index in [1.54, 1.807) is 0 Å². The van der Waals surface area contributed by atoms with Gasteiger partial charge in [-0.15, -0.1) is 0 Å². The van der Waals surface area contributed by atoms with Crippen LogP contribution in [0.2, 0.25) is 0 Å². The minimum Gasteiger partial charge on any atom is -0.354 e. The quantitative estimate of drug-likeness (QED) is 0.868. The number of hydrogen-bond donors (Lipinski definition) is 2. The number of carbonyl (C=O) groups is 2. The number of urea groups is 1. The largest absolute Gasteiger partial charge is 0.354 e. The standard InChI is InChI=1S/C18H30N4O2/c1-18(2,3)20-17(24)22-13-8-15(9-14-22)19-16(23)7-6-12-21-10-4-5-11-21/h4-5,10-11,15H,6-9,12-14H2,1-3H3,(H,19,23)(H,20,24). The van der Waals surface area contributed by atoms with E-state index in [2.05, 4.69) is 15.2 Å². The van der Waals surface area contributed by atoms with Crippen LogP contribution in [-0.2, 0) is 11.3 Å². The average Bonchev–Trinajstić information content (AvgIpc) is 2.99. The Bertz CT molecular complexity index is 526. The van der Waals surface area contributed by atoms with E-state index in [-0.39, 0.29) is 23.5 Å². The minimum absolute atomic E-state index is 0.0148. The summed E-state index contributed by atoms with van der Waals surface area (Å²) >= 11 is 0. The first-order valence-electron chi connectivity index (χ1n) is 8.81. The SMILES string of the molecule is CC(C)(C)NC(=O)N1CCC(NC(=O)CCCn2cccc2)CC1. The van der Waals surface area contributed by atoms with Crippen LogP contribution in [0.3, 0.4) is 0 Å². The first-order valence-corrected chi connectivity index (χ1v) is 8.81. The summed E-state index contributed by atoms with van der Waals surface area (Å²) in [6.07, 6.45) is 7.05. The Labute approximate surface area is 144 Å². The average molecular weight is 334 g/mol. The highest BCUT2D eigenvalue weighted by atomic mass is 16.2. The molecule has 1 aliphatic rings. The molecule has 1 aromatic rings. The minimum atomic E-state index is -0.220. The Hall–Kier alpha value is -1.98. The van der Waals surface area contributed by atoms with Crippen molar-refractivity contribution in [1.82, 2.24) is 20.1 Å². The van der Waals surface area contributed by atoms with Crippen LogP contribution < -0.4 is 10.6 Å². The lowest BCUT2D eigenvalue weighted by atomic mass is 10.0. The zero-order valence-electron chi connectivity index (χ0n) is 15.0. The second-order valence-electron chi connectivity index (χ2n) is 7.53. The van der Waals surface area contributed by atoms with Crippen LogP contribution in [0.5, 0.6) is 0 Å². The normalized spacial score (nSPS) is 16.0.